The van der Waals surface area contributed by atoms with Crippen LogP contribution in [0.4, 0.5) is 17.6 Å². The summed E-state index contributed by atoms with van der Waals surface area (Å²) in [4.78, 5) is 24.6. The summed E-state index contributed by atoms with van der Waals surface area (Å²) in [6, 6.07) is 1.69. The van der Waals surface area contributed by atoms with Gasteiger partial charge in [0.15, 0.2) is 6.04 Å². The third kappa shape index (κ3) is 3.14. The molecule has 2 aromatic rings. The minimum atomic E-state index is -4.75. The minimum Gasteiger partial charge on any atom is -0.476 e. The summed E-state index contributed by atoms with van der Waals surface area (Å²) in [6.45, 7) is 2.85. The molecule has 28 heavy (non-hydrogen) atoms. The number of benzene rings is 1. The topological polar surface area (TPSA) is 57.5 Å². The molecule has 0 amide bonds. The molecule has 1 aliphatic rings. The SMILES string of the molecule is COC(=O)C1COc2c(Cc3c(F)cccc3C(F)(F)F)c(C)c(C)c(=O)n21. The Bertz CT molecular complexity index is 1010. The van der Waals surface area contributed by atoms with E-state index in [1.165, 1.54) is 6.92 Å². The molecule has 1 aliphatic heterocycles. The van der Waals surface area contributed by atoms with Crippen molar-refractivity contribution in [1.82, 2.24) is 4.57 Å². The van der Waals surface area contributed by atoms with E-state index in [-0.39, 0.29) is 23.6 Å². The van der Waals surface area contributed by atoms with Crippen LogP contribution in [0.3, 0.4) is 0 Å². The van der Waals surface area contributed by atoms with Crippen LogP contribution in [0.25, 0.3) is 0 Å². The van der Waals surface area contributed by atoms with E-state index in [1.54, 1.807) is 6.92 Å². The van der Waals surface area contributed by atoms with Gasteiger partial charge in [-0.05, 0) is 31.5 Å². The van der Waals surface area contributed by atoms with E-state index in [1.807, 2.05) is 0 Å². The Morgan fingerprint density at radius 3 is 2.54 bits per heavy atom. The van der Waals surface area contributed by atoms with Crippen LogP contribution in [0, 0.1) is 19.7 Å². The number of alkyl halides is 3. The first-order chi connectivity index (χ1) is 13.1. The average molecular weight is 399 g/mol. The normalized spacial score (nSPS) is 15.9. The van der Waals surface area contributed by atoms with Crippen LogP contribution in [0.15, 0.2) is 23.0 Å². The summed E-state index contributed by atoms with van der Waals surface area (Å²) in [5.74, 6) is -1.77. The van der Waals surface area contributed by atoms with Crippen molar-refractivity contribution in [3.8, 4) is 5.88 Å². The highest BCUT2D eigenvalue weighted by Crippen LogP contribution is 2.38. The van der Waals surface area contributed by atoms with Crippen LogP contribution >= 0.6 is 0 Å². The van der Waals surface area contributed by atoms with Crippen molar-refractivity contribution >= 4 is 5.97 Å². The monoisotopic (exact) mass is 399 g/mol. The van der Waals surface area contributed by atoms with Gasteiger partial charge < -0.3 is 9.47 Å². The van der Waals surface area contributed by atoms with Crippen LogP contribution in [-0.2, 0) is 22.1 Å². The lowest BCUT2D eigenvalue weighted by Crippen LogP contribution is -2.31. The maximum Gasteiger partial charge on any atom is 0.416 e. The fraction of sp³-hybridized carbons (Fsp3) is 0.368. The van der Waals surface area contributed by atoms with Crippen molar-refractivity contribution in [3.05, 3.63) is 62.2 Å². The Morgan fingerprint density at radius 1 is 1.25 bits per heavy atom. The molecule has 0 bridgehead atoms. The lowest BCUT2D eigenvalue weighted by Gasteiger charge is -2.18. The van der Waals surface area contributed by atoms with Gasteiger partial charge in [-0.2, -0.15) is 13.2 Å². The molecule has 3 rings (SSSR count). The lowest BCUT2D eigenvalue weighted by atomic mass is 9.95. The third-order valence-electron chi connectivity index (χ3n) is 4.97. The van der Waals surface area contributed by atoms with Gasteiger partial charge in [0.2, 0.25) is 5.88 Å². The summed E-state index contributed by atoms with van der Waals surface area (Å²) in [5, 5.41) is 0. The number of aromatic nitrogens is 1. The second-order valence-corrected chi connectivity index (χ2v) is 6.50. The Labute approximate surface area is 157 Å². The van der Waals surface area contributed by atoms with Gasteiger partial charge in [0.05, 0.1) is 12.7 Å². The van der Waals surface area contributed by atoms with Crippen molar-refractivity contribution < 1.29 is 31.8 Å². The van der Waals surface area contributed by atoms with Crippen molar-refractivity contribution in [1.29, 1.82) is 0 Å². The molecule has 0 saturated heterocycles. The number of rotatable bonds is 3. The van der Waals surface area contributed by atoms with Gasteiger partial charge >= 0.3 is 12.1 Å². The smallest absolute Gasteiger partial charge is 0.416 e. The second-order valence-electron chi connectivity index (χ2n) is 6.50. The molecular formula is C19H17F4NO4. The molecule has 9 heteroatoms. The van der Waals surface area contributed by atoms with Gasteiger partial charge in [-0.3, -0.25) is 9.36 Å². The minimum absolute atomic E-state index is 0.0418. The molecule has 1 atom stereocenters. The number of hydrogen-bond donors (Lipinski definition) is 0. The number of pyridine rings is 1. The van der Waals surface area contributed by atoms with E-state index in [9.17, 15) is 27.2 Å². The summed E-state index contributed by atoms with van der Waals surface area (Å²) >= 11 is 0. The quantitative estimate of drug-likeness (QED) is 0.587. The third-order valence-corrected chi connectivity index (χ3v) is 4.97. The van der Waals surface area contributed by atoms with E-state index in [4.69, 9.17) is 4.74 Å². The Balaban J connectivity index is 2.22. The zero-order valence-electron chi connectivity index (χ0n) is 15.3. The standard InChI is InChI=1S/C19H17F4NO4/c1-9-10(2)16(25)24-15(18(26)27-3)8-28-17(24)11(9)7-12-13(19(21,22)23)5-4-6-14(12)20/h4-6,15H,7-8H2,1-3H3. The lowest BCUT2D eigenvalue weighted by molar-refractivity contribution is -0.144. The number of carbonyl (C=O) groups excluding carboxylic acids is 1. The number of methoxy groups -OCH3 is 1. The van der Waals surface area contributed by atoms with Crippen molar-refractivity contribution in [2.24, 2.45) is 0 Å². The Kier molecular flexibility index (Phi) is 4.95. The summed E-state index contributed by atoms with van der Waals surface area (Å²) in [7, 11) is 1.16. The van der Waals surface area contributed by atoms with Gasteiger partial charge in [0.1, 0.15) is 12.4 Å². The number of hydrogen-bond acceptors (Lipinski definition) is 4. The summed E-state index contributed by atoms with van der Waals surface area (Å²) in [6.07, 6.45) is -5.19. The molecule has 0 fully saturated rings. The highest BCUT2D eigenvalue weighted by Gasteiger charge is 2.38. The summed E-state index contributed by atoms with van der Waals surface area (Å²) < 4.78 is 65.6. The van der Waals surface area contributed by atoms with Crippen molar-refractivity contribution in [2.75, 3.05) is 13.7 Å². The van der Waals surface area contributed by atoms with E-state index >= 15 is 0 Å². The average Bonchev–Trinajstić information content (AvgIpc) is 3.07. The van der Waals surface area contributed by atoms with Gasteiger partial charge in [-0.25, -0.2) is 9.18 Å². The molecule has 0 N–H and O–H groups in total. The predicted molar refractivity (Wildman–Crippen MR) is 90.9 cm³/mol. The largest absolute Gasteiger partial charge is 0.476 e. The number of halogens is 4. The zero-order chi connectivity index (χ0) is 20.8. The number of ether oxygens (including phenoxy) is 2. The number of carbonyl (C=O) groups is 1. The van der Waals surface area contributed by atoms with Gasteiger partial charge in [0.25, 0.3) is 5.56 Å². The molecule has 150 valence electrons. The van der Waals surface area contributed by atoms with E-state index < -0.39 is 47.1 Å². The maximum atomic E-state index is 14.3. The number of esters is 1. The first kappa shape index (κ1) is 19.9. The van der Waals surface area contributed by atoms with E-state index in [0.29, 0.717) is 5.56 Å². The van der Waals surface area contributed by atoms with Crippen molar-refractivity contribution in [2.45, 2.75) is 32.5 Å². The second kappa shape index (κ2) is 6.96. The van der Waals surface area contributed by atoms with Gasteiger partial charge in [0, 0.05) is 23.1 Å². The first-order valence-corrected chi connectivity index (χ1v) is 8.37. The van der Waals surface area contributed by atoms with E-state index in [2.05, 4.69) is 4.74 Å². The summed E-state index contributed by atoms with van der Waals surface area (Å²) in [5.41, 5.74) is -1.31. The van der Waals surface area contributed by atoms with Crippen molar-refractivity contribution in [3.63, 3.8) is 0 Å². The molecule has 1 aromatic heterocycles. The molecule has 0 radical (unpaired) electrons. The molecule has 0 saturated carbocycles. The molecule has 5 nitrogen and oxygen atoms in total. The molecule has 1 aromatic carbocycles. The van der Waals surface area contributed by atoms with Crippen LogP contribution in [0.2, 0.25) is 0 Å². The molecular weight excluding hydrogens is 382 g/mol. The number of fused-ring (bicyclic) bond motifs is 1. The Morgan fingerprint density at radius 2 is 1.93 bits per heavy atom. The van der Waals surface area contributed by atoms with Gasteiger partial charge in [-0.15, -0.1) is 0 Å². The molecule has 0 aliphatic carbocycles. The molecule has 0 spiro atoms. The Hall–Kier alpha value is -2.84. The maximum absolute atomic E-state index is 14.3. The van der Waals surface area contributed by atoms with E-state index in [0.717, 1.165) is 29.9 Å². The number of nitrogens with zero attached hydrogens (tertiary/aromatic N) is 1. The van der Waals surface area contributed by atoms with Gasteiger partial charge in [-0.1, -0.05) is 6.07 Å². The molecule has 2 heterocycles. The first-order valence-electron chi connectivity index (χ1n) is 8.37. The van der Waals surface area contributed by atoms with Crippen LogP contribution in [0.1, 0.15) is 33.9 Å². The van der Waals surface area contributed by atoms with Crippen LogP contribution < -0.4 is 10.3 Å². The predicted octanol–water partition coefficient (Wildman–Crippen LogP) is 3.32. The highest BCUT2D eigenvalue weighted by atomic mass is 19.4. The zero-order valence-corrected chi connectivity index (χ0v) is 15.3. The van der Waals surface area contributed by atoms with Crippen LogP contribution in [-0.4, -0.2) is 24.3 Å². The van der Waals surface area contributed by atoms with Crippen LogP contribution in [0.5, 0.6) is 5.88 Å². The fourth-order valence-corrected chi connectivity index (χ4v) is 3.34. The highest BCUT2D eigenvalue weighted by molar-refractivity contribution is 5.75. The molecule has 1 unspecified atom stereocenters. The fourth-order valence-electron chi connectivity index (χ4n) is 3.34.